The normalized spacial score (nSPS) is 37.1. The summed E-state index contributed by atoms with van der Waals surface area (Å²) in [5.74, 6) is -0.595. The van der Waals surface area contributed by atoms with E-state index >= 15 is 0 Å². The molecular weight excluding hydrogens is 363 g/mol. The highest BCUT2D eigenvalue weighted by Gasteiger charge is 2.67. The van der Waals surface area contributed by atoms with Crippen LogP contribution in [0.5, 0.6) is 0 Å². The predicted molar refractivity (Wildman–Crippen MR) is 90.5 cm³/mol. The van der Waals surface area contributed by atoms with Crippen molar-refractivity contribution in [2.75, 3.05) is 0 Å². The quantitative estimate of drug-likeness (QED) is 0.637. The zero-order chi connectivity index (χ0) is 17.5. The van der Waals surface area contributed by atoms with Gasteiger partial charge in [-0.15, -0.1) is 0 Å². The number of nitrogens with one attached hydrogen (secondary N) is 1. The molecule has 4 aliphatic carbocycles. The lowest BCUT2D eigenvalue weighted by Gasteiger charge is -2.37. The summed E-state index contributed by atoms with van der Waals surface area (Å²) in [5.41, 5.74) is 2.62. The minimum absolute atomic E-state index is 0.123. The number of carbonyl (C=O) groups excluding carboxylic acids is 3. The second-order valence-electron chi connectivity index (χ2n) is 7.23. The van der Waals surface area contributed by atoms with Gasteiger partial charge in [-0.3, -0.25) is 19.8 Å². The molecule has 0 unspecified atom stereocenters. The van der Waals surface area contributed by atoms with Crippen LogP contribution in [-0.2, 0) is 9.59 Å². The largest absolute Gasteiger partial charge is 0.272 e. The maximum absolute atomic E-state index is 12.8. The van der Waals surface area contributed by atoms with Gasteiger partial charge in [0.05, 0.1) is 22.4 Å². The van der Waals surface area contributed by atoms with Crippen LogP contribution in [0.25, 0.3) is 0 Å². The molecule has 3 amide bonds. The molecular formula is C18H14Cl2N2O3. The molecule has 6 atom stereocenters. The zero-order valence-corrected chi connectivity index (χ0v) is 14.5. The fourth-order valence-corrected chi connectivity index (χ4v) is 5.40. The van der Waals surface area contributed by atoms with Crippen LogP contribution in [0, 0.1) is 35.5 Å². The Labute approximate surface area is 153 Å². The average molecular weight is 377 g/mol. The van der Waals surface area contributed by atoms with E-state index in [1.807, 2.05) is 0 Å². The number of imide groups is 1. The van der Waals surface area contributed by atoms with Crippen LogP contribution in [0.2, 0.25) is 10.0 Å². The summed E-state index contributed by atoms with van der Waals surface area (Å²) in [6, 6.07) is 4.45. The molecule has 25 heavy (non-hydrogen) atoms. The lowest BCUT2D eigenvalue weighted by Crippen LogP contribution is -2.47. The summed E-state index contributed by atoms with van der Waals surface area (Å²) in [7, 11) is 0. The van der Waals surface area contributed by atoms with E-state index in [9.17, 15) is 14.4 Å². The second kappa shape index (κ2) is 5.08. The van der Waals surface area contributed by atoms with E-state index < -0.39 is 5.91 Å². The van der Waals surface area contributed by atoms with Gasteiger partial charge >= 0.3 is 0 Å². The standard InChI is InChI=1S/C18H14Cl2N2O3/c19-7-1-2-10(13(20)5-7)16(23)21-22-17(24)14-8-3-4-9(12-6-11(8)12)15(14)18(22)25/h1-5,8-9,11-12,14-15H,6H2,(H,21,23)/t8-,9-,11-,12+,14-,15-/m1/s1. The van der Waals surface area contributed by atoms with E-state index in [1.54, 1.807) is 0 Å². The first-order valence-corrected chi connectivity index (χ1v) is 9.05. The van der Waals surface area contributed by atoms with Gasteiger partial charge in [-0.1, -0.05) is 35.4 Å². The first-order chi connectivity index (χ1) is 12.0. The average Bonchev–Trinajstić information content (AvgIpc) is 3.36. The number of hydrogen-bond acceptors (Lipinski definition) is 3. The number of benzene rings is 1. The van der Waals surface area contributed by atoms with Gasteiger partial charge in [0.25, 0.3) is 17.7 Å². The van der Waals surface area contributed by atoms with Crippen molar-refractivity contribution in [2.45, 2.75) is 6.42 Å². The van der Waals surface area contributed by atoms with Crippen LogP contribution in [0.3, 0.4) is 0 Å². The highest BCUT2D eigenvalue weighted by atomic mass is 35.5. The smallest absolute Gasteiger partial charge is 0.271 e. The Morgan fingerprint density at radius 3 is 2.20 bits per heavy atom. The molecule has 1 saturated heterocycles. The number of hydrogen-bond donors (Lipinski definition) is 1. The van der Waals surface area contributed by atoms with Crippen LogP contribution in [0.4, 0.5) is 0 Å². The van der Waals surface area contributed by atoms with Crippen molar-refractivity contribution in [3.8, 4) is 0 Å². The third-order valence-corrected chi connectivity index (χ3v) is 6.60. The summed E-state index contributed by atoms with van der Waals surface area (Å²) < 4.78 is 0. The Morgan fingerprint density at radius 2 is 1.64 bits per heavy atom. The minimum Gasteiger partial charge on any atom is -0.272 e. The topological polar surface area (TPSA) is 66.5 Å². The van der Waals surface area contributed by atoms with Crippen LogP contribution < -0.4 is 5.43 Å². The number of carbonyl (C=O) groups is 3. The number of amides is 3. The molecule has 7 heteroatoms. The molecule has 0 spiro atoms. The molecule has 5 aliphatic rings. The van der Waals surface area contributed by atoms with Crippen molar-refractivity contribution >= 4 is 40.9 Å². The molecule has 2 bridgehead atoms. The Kier molecular flexibility index (Phi) is 3.13. The highest BCUT2D eigenvalue weighted by molar-refractivity contribution is 6.36. The highest BCUT2D eigenvalue weighted by Crippen LogP contribution is 2.65. The molecule has 0 radical (unpaired) electrons. The molecule has 0 aromatic heterocycles. The lowest BCUT2D eigenvalue weighted by atomic mass is 9.63. The molecule has 128 valence electrons. The fourth-order valence-electron chi connectivity index (χ4n) is 4.90. The molecule has 6 rings (SSSR count). The lowest BCUT2D eigenvalue weighted by molar-refractivity contribution is -0.143. The van der Waals surface area contributed by atoms with E-state index in [4.69, 9.17) is 23.2 Å². The van der Waals surface area contributed by atoms with Crippen molar-refractivity contribution in [3.05, 3.63) is 46.0 Å². The van der Waals surface area contributed by atoms with Gasteiger partial charge in [0.2, 0.25) is 0 Å². The predicted octanol–water partition coefficient (Wildman–Crippen LogP) is 2.69. The Morgan fingerprint density at radius 1 is 1.04 bits per heavy atom. The summed E-state index contributed by atoms with van der Waals surface area (Å²) in [4.78, 5) is 38.1. The van der Waals surface area contributed by atoms with Gasteiger partial charge in [0.15, 0.2) is 0 Å². The molecule has 5 nitrogen and oxygen atoms in total. The van der Waals surface area contributed by atoms with E-state index in [2.05, 4.69) is 17.6 Å². The number of hydrazine groups is 1. The molecule has 2 saturated carbocycles. The molecule has 1 aliphatic heterocycles. The van der Waals surface area contributed by atoms with E-state index in [1.165, 1.54) is 18.2 Å². The van der Waals surface area contributed by atoms with Crippen LogP contribution in [-0.4, -0.2) is 22.7 Å². The van der Waals surface area contributed by atoms with Gasteiger partial charge in [-0.05, 0) is 48.3 Å². The minimum atomic E-state index is -0.590. The van der Waals surface area contributed by atoms with Crippen LogP contribution in [0.15, 0.2) is 30.4 Å². The maximum Gasteiger partial charge on any atom is 0.271 e. The van der Waals surface area contributed by atoms with Gasteiger partial charge in [0, 0.05) is 5.02 Å². The van der Waals surface area contributed by atoms with Gasteiger partial charge in [-0.2, -0.15) is 5.01 Å². The van der Waals surface area contributed by atoms with Gasteiger partial charge < -0.3 is 0 Å². The Balaban J connectivity index is 1.42. The van der Waals surface area contributed by atoms with Crippen LogP contribution in [0.1, 0.15) is 16.8 Å². The van der Waals surface area contributed by atoms with E-state index in [0.29, 0.717) is 16.9 Å². The Bertz CT molecular complexity index is 832. The second-order valence-corrected chi connectivity index (χ2v) is 8.08. The van der Waals surface area contributed by atoms with Gasteiger partial charge in [0.1, 0.15) is 0 Å². The third-order valence-electron chi connectivity index (χ3n) is 6.05. The molecule has 1 aromatic carbocycles. The first kappa shape index (κ1) is 15.4. The van der Waals surface area contributed by atoms with Gasteiger partial charge in [-0.25, -0.2) is 0 Å². The first-order valence-electron chi connectivity index (χ1n) is 8.29. The number of rotatable bonds is 2. The number of halogens is 2. The van der Waals surface area contributed by atoms with Crippen molar-refractivity contribution in [1.82, 2.24) is 10.4 Å². The van der Waals surface area contributed by atoms with E-state index in [-0.39, 0.29) is 46.1 Å². The molecule has 1 heterocycles. The van der Waals surface area contributed by atoms with E-state index in [0.717, 1.165) is 11.4 Å². The molecule has 1 aromatic rings. The number of nitrogens with zero attached hydrogens (tertiary/aromatic N) is 1. The number of allylic oxidation sites excluding steroid dienone is 2. The Hall–Kier alpha value is -1.85. The summed E-state index contributed by atoms with van der Waals surface area (Å²) in [6.45, 7) is 0. The summed E-state index contributed by atoms with van der Waals surface area (Å²) >= 11 is 11.9. The summed E-state index contributed by atoms with van der Waals surface area (Å²) in [5, 5.41) is 1.48. The summed E-state index contributed by atoms with van der Waals surface area (Å²) in [6.07, 6.45) is 5.28. The molecule has 1 N–H and O–H groups in total. The maximum atomic E-state index is 12.8. The fraction of sp³-hybridized carbons (Fsp3) is 0.389. The monoisotopic (exact) mass is 376 g/mol. The molecule has 3 fully saturated rings. The SMILES string of the molecule is O=C(NN1C(=O)[C@@H]2[C@@H]3C=C[C@H]([C@@H]4C[C@H]34)[C@H]2C1=O)c1ccc(Cl)cc1Cl. The van der Waals surface area contributed by atoms with Crippen molar-refractivity contribution in [2.24, 2.45) is 35.5 Å². The zero-order valence-electron chi connectivity index (χ0n) is 13.0. The van der Waals surface area contributed by atoms with Crippen molar-refractivity contribution in [1.29, 1.82) is 0 Å². The van der Waals surface area contributed by atoms with Crippen molar-refractivity contribution < 1.29 is 14.4 Å². The third kappa shape index (κ3) is 2.06. The van der Waals surface area contributed by atoms with Crippen LogP contribution >= 0.6 is 23.2 Å². The van der Waals surface area contributed by atoms with Crippen molar-refractivity contribution in [3.63, 3.8) is 0 Å².